The van der Waals surface area contributed by atoms with Crippen LogP contribution in [0, 0.1) is 10.1 Å². The number of aromatic nitrogens is 1. The van der Waals surface area contributed by atoms with Crippen molar-refractivity contribution in [3.63, 3.8) is 0 Å². The van der Waals surface area contributed by atoms with Crippen molar-refractivity contribution < 1.29 is 14.8 Å². The quantitative estimate of drug-likeness (QED) is 0.505. The number of nitrogens with zero attached hydrogens (tertiary/aromatic N) is 2. The fourth-order valence-electron chi connectivity index (χ4n) is 1.55. The minimum Gasteiger partial charge on any atom is -0.480 e. The summed E-state index contributed by atoms with van der Waals surface area (Å²) in [4.78, 5) is 24.8. The highest BCUT2D eigenvalue weighted by atomic mass is 16.6. The molecular formula is C11H16N4O4. The lowest BCUT2D eigenvalue weighted by Gasteiger charge is -2.14. The lowest BCUT2D eigenvalue weighted by Crippen LogP contribution is -2.29. The van der Waals surface area contributed by atoms with Crippen molar-refractivity contribution >= 4 is 23.3 Å². The number of nitro groups is 1. The highest BCUT2D eigenvalue weighted by molar-refractivity contribution is 5.77. The molecule has 1 aromatic heterocycles. The van der Waals surface area contributed by atoms with Gasteiger partial charge in [0.25, 0.3) is 0 Å². The third-order valence-electron chi connectivity index (χ3n) is 2.57. The number of nitrogens with two attached hydrogens (primary N) is 1. The number of hydrogen-bond acceptors (Lipinski definition) is 6. The maximum atomic E-state index is 11.0. The Bertz CT molecular complexity index is 478. The molecule has 0 saturated carbocycles. The van der Waals surface area contributed by atoms with Crippen LogP contribution in [0.2, 0.25) is 0 Å². The number of unbranched alkanes of at least 4 members (excludes halogenated alkanes) is 1. The van der Waals surface area contributed by atoms with Crippen molar-refractivity contribution in [1.29, 1.82) is 0 Å². The summed E-state index contributed by atoms with van der Waals surface area (Å²) in [7, 11) is 0. The van der Waals surface area contributed by atoms with E-state index in [0.29, 0.717) is 6.42 Å². The molecule has 0 saturated heterocycles. The number of pyridine rings is 1. The molecule has 0 aliphatic carbocycles. The van der Waals surface area contributed by atoms with E-state index in [4.69, 9.17) is 10.8 Å². The van der Waals surface area contributed by atoms with Gasteiger partial charge in [0.15, 0.2) is 0 Å². The highest BCUT2D eigenvalue weighted by Gasteiger charge is 2.19. The van der Waals surface area contributed by atoms with Gasteiger partial charge in [0.1, 0.15) is 11.9 Å². The monoisotopic (exact) mass is 268 g/mol. The highest BCUT2D eigenvalue weighted by Crippen LogP contribution is 2.21. The lowest BCUT2D eigenvalue weighted by atomic mass is 10.1. The van der Waals surface area contributed by atoms with E-state index in [1.807, 2.05) is 6.92 Å². The molecule has 19 heavy (non-hydrogen) atoms. The lowest BCUT2D eigenvalue weighted by molar-refractivity contribution is -0.384. The van der Waals surface area contributed by atoms with Crippen LogP contribution in [-0.4, -0.2) is 27.0 Å². The smallest absolute Gasteiger partial charge is 0.326 e. The van der Waals surface area contributed by atoms with E-state index in [0.717, 1.165) is 12.8 Å². The zero-order chi connectivity index (χ0) is 14.4. The fourth-order valence-corrected chi connectivity index (χ4v) is 1.55. The Morgan fingerprint density at radius 1 is 1.63 bits per heavy atom. The molecule has 0 amide bonds. The first-order chi connectivity index (χ1) is 8.95. The normalized spacial score (nSPS) is 11.8. The summed E-state index contributed by atoms with van der Waals surface area (Å²) < 4.78 is 0. The summed E-state index contributed by atoms with van der Waals surface area (Å²) in [5.41, 5.74) is 5.13. The third-order valence-corrected chi connectivity index (χ3v) is 2.57. The van der Waals surface area contributed by atoms with Crippen molar-refractivity contribution in [1.82, 2.24) is 4.98 Å². The van der Waals surface area contributed by atoms with Gasteiger partial charge in [0.05, 0.1) is 4.92 Å². The Morgan fingerprint density at radius 3 is 2.79 bits per heavy atom. The summed E-state index contributed by atoms with van der Waals surface area (Å²) in [6, 6.07) is 1.76. The van der Waals surface area contributed by atoms with Gasteiger partial charge in [0.2, 0.25) is 5.82 Å². The maximum Gasteiger partial charge on any atom is 0.326 e. The molecule has 8 heteroatoms. The number of aliphatic carboxylic acids is 1. The molecule has 1 aromatic rings. The van der Waals surface area contributed by atoms with Crippen LogP contribution in [0.1, 0.15) is 26.2 Å². The predicted octanol–water partition coefficient (Wildman–Crippen LogP) is 1.63. The van der Waals surface area contributed by atoms with Crippen LogP contribution in [0.3, 0.4) is 0 Å². The topological polar surface area (TPSA) is 131 Å². The van der Waals surface area contributed by atoms with Crippen molar-refractivity contribution in [3.05, 3.63) is 22.2 Å². The van der Waals surface area contributed by atoms with Crippen molar-refractivity contribution in [2.75, 3.05) is 11.1 Å². The molecule has 1 rings (SSSR count). The first-order valence-electron chi connectivity index (χ1n) is 5.86. The third kappa shape index (κ3) is 4.09. The molecule has 0 spiro atoms. The van der Waals surface area contributed by atoms with Gasteiger partial charge in [0, 0.05) is 6.07 Å². The van der Waals surface area contributed by atoms with Crippen molar-refractivity contribution in [2.24, 2.45) is 0 Å². The summed E-state index contributed by atoms with van der Waals surface area (Å²) in [6.45, 7) is 1.96. The molecule has 1 atom stereocenters. The average molecular weight is 268 g/mol. The molecule has 0 bridgehead atoms. The van der Waals surface area contributed by atoms with Crippen molar-refractivity contribution in [3.8, 4) is 0 Å². The molecule has 0 fully saturated rings. The van der Waals surface area contributed by atoms with Crippen LogP contribution in [0.4, 0.5) is 17.3 Å². The van der Waals surface area contributed by atoms with Crippen molar-refractivity contribution in [2.45, 2.75) is 32.2 Å². The summed E-state index contributed by atoms with van der Waals surface area (Å²) in [5, 5.41) is 22.3. The second-order valence-electron chi connectivity index (χ2n) is 4.04. The zero-order valence-electron chi connectivity index (χ0n) is 10.5. The van der Waals surface area contributed by atoms with E-state index in [1.54, 1.807) is 0 Å². The fraction of sp³-hybridized carbons (Fsp3) is 0.455. The molecule has 1 unspecified atom stereocenters. The summed E-state index contributed by atoms with van der Waals surface area (Å²) in [5.74, 6) is -1.02. The van der Waals surface area contributed by atoms with Crippen LogP contribution in [0.15, 0.2) is 12.1 Å². The van der Waals surface area contributed by atoms with E-state index in [1.165, 1.54) is 12.1 Å². The molecule has 8 nitrogen and oxygen atoms in total. The molecule has 4 N–H and O–H groups in total. The van der Waals surface area contributed by atoms with Crippen LogP contribution in [-0.2, 0) is 4.79 Å². The summed E-state index contributed by atoms with van der Waals surface area (Å²) >= 11 is 0. The Kier molecular flexibility index (Phi) is 5.04. The van der Waals surface area contributed by atoms with Gasteiger partial charge in [-0.3, -0.25) is 10.1 Å². The number of carboxylic acid groups (broad SMARTS) is 1. The van der Waals surface area contributed by atoms with E-state index in [9.17, 15) is 14.9 Å². The molecular weight excluding hydrogens is 252 g/mol. The molecule has 1 heterocycles. The van der Waals surface area contributed by atoms with E-state index >= 15 is 0 Å². The summed E-state index contributed by atoms with van der Waals surface area (Å²) in [6.07, 6.45) is 2.08. The number of carboxylic acids is 1. The van der Waals surface area contributed by atoms with Gasteiger partial charge in [-0.05, 0) is 12.5 Å². The van der Waals surface area contributed by atoms with Crippen LogP contribution < -0.4 is 11.1 Å². The number of nitrogens with one attached hydrogen (secondary N) is 1. The standard InChI is InChI=1S/C11H16N4O4/c1-2-3-4-7(11(16)17)13-9-6-5-8(15(18)19)10(12)14-9/h5-7H,2-4H2,1H3,(H,16,17)(H3,12,13,14). The zero-order valence-corrected chi connectivity index (χ0v) is 10.5. The van der Waals surface area contributed by atoms with E-state index < -0.39 is 16.9 Å². The van der Waals surface area contributed by atoms with Gasteiger partial charge in [-0.2, -0.15) is 0 Å². The Morgan fingerprint density at radius 2 is 2.32 bits per heavy atom. The number of anilines is 2. The second-order valence-corrected chi connectivity index (χ2v) is 4.04. The van der Waals surface area contributed by atoms with Crippen LogP contribution >= 0.6 is 0 Å². The van der Waals surface area contributed by atoms with E-state index in [2.05, 4.69) is 10.3 Å². The van der Waals surface area contributed by atoms with Gasteiger partial charge in [-0.25, -0.2) is 9.78 Å². The molecule has 104 valence electrons. The van der Waals surface area contributed by atoms with Gasteiger partial charge < -0.3 is 16.2 Å². The average Bonchev–Trinajstić information content (AvgIpc) is 2.33. The number of carbonyl (C=O) groups is 1. The first kappa shape index (κ1) is 14.7. The Hall–Kier alpha value is -2.38. The van der Waals surface area contributed by atoms with Gasteiger partial charge >= 0.3 is 11.7 Å². The van der Waals surface area contributed by atoms with Gasteiger partial charge in [-0.1, -0.05) is 19.8 Å². The molecule has 0 aromatic carbocycles. The Balaban J connectivity index is 2.82. The molecule has 0 aliphatic heterocycles. The van der Waals surface area contributed by atoms with E-state index in [-0.39, 0.29) is 17.3 Å². The second kappa shape index (κ2) is 6.53. The minimum atomic E-state index is -0.993. The number of hydrogen-bond donors (Lipinski definition) is 3. The van der Waals surface area contributed by atoms with Crippen LogP contribution in [0.5, 0.6) is 0 Å². The Labute approximate surface area is 109 Å². The maximum absolute atomic E-state index is 11.0. The first-order valence-corrected chi connectivity index (χ1v) is 5.86. The van der Waals surface area contributed by atoms with Gasteiger partial charge in [-0.15, -0.1) is 0 Å². The number of rotatable bonds is 7. The SMILES string of the molecule is CCCCC(Nc1ccc([N+](=O)[O-])c(N)n1)C(=O)O. The number of nitrogen functional groups attached to an aromatic ring is 1. The van der Waals surface area contributed by atoms with Crippen LogP contribution in [0.25, 0.3) is 0 Å². The molecule has 0 aliphatic rings. The minimum absolute atomic E-state index is 0.214. The predicted molar refractivity (Wildman–Crippen MR) is 69.9 cm³/mol. The largest absolute Gasteiger partial charge is 0.480 e. The molecule has 0 radical (unpaired) electrons.